The van der Waals surface area contributed by atoms with Gasteiger partial charge in [-0.05, 0) is 54.4 Å². The molecular formula is C23H19ClN2O2. The number of ether oxygens (including phenoxy) is 1. The summed E-state index contributed by atoms with van der Waals surface area (Å²) in [5.41, 5.74) is 2.00. The van der Waals surface area contributed by atoms with Gasteiger partial charge in [0.05, 0.1) is 12.2 Å². The predicted octanol–water partition coefficient (Wildman–Crippen LogP) is 5.60. The van der Waals surface area contributed by atoms with Crippen LogP contribution in [0.4, 0.5) is 5.69 Å². The lowest BCUT2D eigenvalue weighted by Crippen LogP contribution is -2.38. The van der Waals surface area contributed by atoms with Crippen molar-refractivity contribution in [1.82, 2.24) is 0 Å². The maximum Gasteiger partial charge on any atom is 0.191 e. The zero-order chi connectivity index (χ0) is 19.3. The van der Waals surface area contributed by atoms with E-state index in [-0.39, 0.29) is 5.92 Å². The topological polar surface area (TPSA) is 45.5 Å². The molecule has 2 atom stereocenters. The molecule has 0 spiro atoms. The third-order valence-corrected chi connectivity index (χ3v) is 5.03. The van der Waals surface area contributed by atoms with Gasteiger partial charge in [0, 0.05) is 10.9 Å². The molecule has 3 aromatic carbocycles. The Kier molecular flexibility index (Phi) is 5.36. The Morgan fingerprint density at radius 3 is 2.39 bits per heavy atom. The third kappa shape index (κ3) is 3.90. The van der Waals surface area contributed by atoms with Crippen LogP contribution >= 0.6 is 11.6 Å². The highest BCUT2D eigenvalue weighted by Crippen LogP contribution is 2.38. The standard InChI is InChI=1S/C23H19ClN2O2/c24-17-10-12-19(13-11-17)28-26-15-14-21(20-8-4-5-9-22(20)26)23(16-25)27-18-6-2-1-3-7-18/h1-13,21,23H,14-15H2. The highest BCUT2D eigenvalue weighted by Gasteiger charge is 2.33. The SMILES string of the molecule is N#CC(Oc1ccccc1)C1CCN(Oc2ccc(Cl)cc2)c2ccccc21. The largest absolute Gasteiger partial charge is 0.475 e. The molecule has 0 bridgehead atoms. The second kappa shape index (κ2) is 8.24. The zero-order valence-electron chi connectivity index (χ0n) is 15.2. The van der Waals surface area contributed by atoms with Crippen LogP contribution in [0.5, 0.6) is 11.5 Å². The number of nitriles is 1. The first kappa shape index (κ1) is 18.2. The second-order valence-corrected chi connectivity index (χ2v) is 7.02. The number of fused-ring (bicyclic) bond motifs is 1. The minimum absolute atomic E-state index is 0.0357. The average molecular weight is 391 g/mol. The Labute approximate surface area is 169 Å². The first-order valence-electron chi connectivity index (χ1n) is 9.16. The van der Waals surface area contributed by atoms with Gasteiger partial charge < -0.3 is 9.57 Å². The van der Waals surface area contributed by atoms with E-state index in [0.29, 0.717) is 17.3 Å². The summed E-state index contributed by atoms with van der Waals surface area (Å²) in [6.07, 6.45) is 0.177. The maximum atomic E-state index is 9.76. The summed E-state index contributed by atoms with van der Waals surface area (Å²) in [6, 6.07) is 27.1. The lowest BCUT2D eigenvalue weighted by atomic mass is 9.86. The summed E-state index contributed by atoms with van der Waals surface area (Å²) in [5.74, 6) is 1.38. The molecule has 5 heteroatoms. The average Bonchev–Trinajstić information content (AvgIpc) is 2.75. The van der Waals surface area contributed by atoms with E-state index < -0.39 is 6.10 Å². The monoisotopic (exact) mass is 390 g/mol. The number of halogens is 1. The normalized spacial score (nSPS) is 16.6. The van der Waals surface area contributed by atoms with E-state index in [9.17, 15) is 5.26 Å². The fraction of sp³-hybridized carbons (Fsp3) is 0.174. The summed E-state index contributed by atoms with van der Waals surface area (Å²) in [7, 11) is 0. The van der Waals surface area contributed by atoms with Crippen LogP contribution in [0, 0.1) is 11.3 Å². The van der Waals surface area contributed by atoms with E-state index in [1.165, 1.54) is 0 Å². The summed E-state index contributed by atoms with van der Waals surface area (Å²) in [6.45, 7) is 0.653. The Morgan fingerprint density at radius 1 is 0.929 bits per heavy atom. The van der Waals surface area contributed by atoms with Gasteiger partial charge in [0.15, 0.2) is 11.9 Å². The second-order valence-electron chi connectivity index (χ2n) is 6.58. The van der Waals surface area contributed by atoms with Crippen LogP contribution < -0.4 is 14.6 Å². The Morgan fingerprint density at radius 2 is 1.64 bits per heavy atom. The van der Waals surface area contributed by atoms with Crippen LogP contribution in [-0.4, -0.2) is 12.6 Å². The quantitative estimate of drug-likeness (QED) is 0.569. The highest BCUT2D eigenvalue weighted by atomic mass is 35.5. The van der Waals surface area contributed by atoms with Crippen LogP contribution in [0.2, 0.25) is 5.02 Å². The van der Waals surface area contributed by atoms with Crippen LogP contribution in [0.25, 0.3) is 0 Å². The molecule has 0 fully saturated rings. The molecular weight excluding hydrogens is 372 g/mol. The molecule has 1 aliphatic heterocycles. The first-order valence-corrected chi connectivity index (χ1v) is 9.54. The molecule has 0 radical (unpaired) electrons. The van der Waals surface area contributed by atoms with Gasteiger partial charge >= 0.3 is 0 Å². The number of hydroxylamine groups is 1. The summed E-state index contributed by atoms with van der Waals surface area (Å²) in [4.78, 5) is 6.07. The van der Waals surface area contributed by atoms with Crippen molar-refractivity contribution in [3.63, 3.8) is 0 Å². The van der Waals surface area contributed by atoms with E-state index in [4.69, 9.17) is 21.2 Å². The number of hydrogen-bond donors (Lipinski definition) is 0. The fourth-order valence-electron chi connectivity index (χ4n) is 3.44. The molecule has 4 nitrogen and oxygen atoms in total. The number of benzene rings is 3. The van der Waals surface area contributed by atoms with Crippen molar-refractivity contribution in [2.45, 2.75) is 18.4 Å². The van der Waals surface area contributed by atoms with Crippen molar-refractivity contribution in [2.24, 2.45) is 0 Å². The van der Waals surface area contributed by atoms with E-state index in [2.05, 4.69) is 6.07 Å². The van der Waals surface area contributed by atoms with Gasteiger partial charge in [-0.25, -0.2) is 5.06 Å². The molecule has 0 N–H and O–H groups in total. The molecule has 3 aromatic rings. The minimum atomic E-state index is -0.568. The van der Waals surface area contributed by atoms with Gasteiger partial charge in [0.1, 0.15) is 11.8 Å². The number of rotatable bonds is 5. The predicted molar refractivity (Wildman–Crippen MR) is 110 cm³/mol. The first-order chi connectivity index (χ1) is 13.7. The molecule has 1 aliphatic rings. The molecule has 28 heavy (non-hydrogen) atoms. The van der Waals surface area contributed by atoms with E-state index >= 15 is 0 Å². The van der Waals surface area contributed by atoms with Gasteiger partial charge in [0.25, 0.3) is 0 Å². The van der Waals surface area contributed by atoms with Crippen molar-refractivity contribution in [3.05, 3.63) is 89.4 Å². The summed E-state index contributed by atoms with van der Waals surface area (Å²) < 4.78 is 5.99. The number of hydrogen-bond acceptors (Lipinski definition) is 4. The summed E-state index contributed by atoms with van der Waals surface area (Å²) >= 11 is 5.96. The Hall–Kier alpha value is -3.16. The van der Waals surface area contributed by atoms with Gasteiger partial charge in [0.2, 0.25) is 0 Å². The molecule has 0 saturated heterocycles. The third-order valence-electron chi connectivity index (χ3n) is 4.78. The number of para-hydroxylation sites is 2. The van der Waals surface area contributed by atoms with E-state index in [0.717, 1.165) is 23.4 Å². The molecule has 0 aromatic heterocycles. The van der Waals surface area contributed by atoms with Gasteiger partial charge in [-0.3, -0.25) is 0 Å². The van der Waals surface area contributed by atoms with Crippen LogP contribution in [0.3, 0.4) is 0 Å². The van der Waals surface area contributed by atoms with Gasteiger partial charge in [-0.2, -0.15) is 5.26 Å². The molecule has 1 heterocycles. The van der Waals surface area contributed by atoms with Crippen molar-refractivity contribution in [1.29, 1.82) is 5.26 Å². The van der Waals surface area contributed by atoms with Gasteiger partial charge in [-0.15, -0.1) is 0 Å². The lowest BCUT2D eigenvalue weighted by Gasteiger charge is -2.36. The summed E-state index contributed by atoms with van der Waals surface area (Å²) in [5, 5.41) is 12.3. The Bertz CT molecular complexity index is 970. The number of nitrogens with zero attached hydrogens (tertiary/aromatic N) is 2. The highest BCUT2D eigenvalue weighted by molar-refractivity contribution is 6.30. The van der Waals surface area contributed by atoms with Crippen molar-refractivity contribution in [2.75, 3.05) is 11.6 Å². The maximum absolute atomic E-state index is 9.76. The molecule has 4 rings (SSSR count). The van der Waals surface area contributed by atoms with Crippen LogP contribution in [0.15, 0.2) is 78.9 Å². The van der Waals surface area contributed by atoms with Crippen molar-refractivity contribution >= 4 is 17.3 Å². The van der Waals surface area contributed by atoms with Crippen LogP contribution in [-0.2, 0) is 0 Å². The van der Waals surface area contributed by atoms with E-state index in [1.54, 1.807) is 12.1 Å². The smallest absolute Gasteiger partial charge is 0.191 e. The van der Waals surface area contributed by atoms with E-state index in [1.807, 2.05) is 71.8 Å². The van der Waals surface area contributed by atoms with Gasteiger partial charge in [-0.1, -0.05) is 48.0 Å². The molecule has 0 amide bonds. The molecule has 140 valence electrons. The van der Waals surface area contributed by atoms with Crippen LogP contribution in [0.1, 0.15) is 17.9 Å². The zero-order valence-corrected chi connectivity index (χ0v) is 15.9. The van der Waals surface area contributed by atoms with Crippen molar-refractivity contribution < 1.29 is 9.57 Å². The molecule has 2 unspecified atom stereocenters. The lowest BCUT2D eigenvalue weighted by molar-refractivity contribution is 0.197. The minimum Gasteiger partial charge on any atom is -0.475 e. The molecule has 0 saturated carbocycles. The molecule has 0 aliphatic carbocycles. The fourth-order valence-corrected chi connectivity index (χ4v) is 3.56. The Balaban J connectivity index is 1.58. The van der Waals surface area contributed by atoms with Crippen molar-refractivity contribution in [3.8, 4) is 17.6 Å². The number of anilines is 1.